The molecule has 0 heterocycles. The van der Waals surface area contributed by atoms with E-state index in [9.17, 15) is 4.79 Å². The molecule has 6 heteroatoms. The SMILES string of the molecule is CCOC(=O)C(CC)Oc1cc(OC)cc(C(N)=S)c1. The second-order valence-electron chi connectivity index (χ2n) is 4.03. The summed E-state index contributed by atoms with van der Waals surface area (Å²) < 4.78 is 15.8. The molecular formula is C14H19NO4S. The molecule has 0 bridgehead atoms. The van der Waals surface area contributed by atoms with Crippen molar-refractivity contribution in [3.05, 3.63) is 23.8 Å². The maximum absolute atomic E-state index is 11.7. The van der Waals surface area contributed by atoms with Crippen molar-refractivity contribution in [2.24, 2.45) is 5.73 Å². The topological polar surface area (TPSA) is 70.8 Å². The maximum Gasteiger partial charge on any atom is 0.347 e. The number of ether oxygens (including phenoxy) is 3. The quantitative estimate of drug-likeness (QED) is 0.613. The number of nitrogens with two attached hydrogens (primary N) is 1. The first-order chi connectivity index (χ1) is 9.51. The van der Waals surface area contributed by atoms with Gasteiger partial charge in [0.1, 0.15) is 16.5 Å². The van der Waals surface area contributed by atoms with E-state index in [0.29, 0.717) is 30.1 Å². The third-order valence-corrected chi connectivity index (χ3v) is 2.83. The van der Waals surface area contributed by atoms with Crippen LogP contribution in [0.4, 0.5) is 0 Å². The van der Waals surface area contributed by atoms with Crippen LogP contribution in [0.1, 0.15) is 25.8 Å². The molecule has 110 valence electrons. The van der Waals surface area contributed by atoms with Gasteiger partial charge in [0.2, 0.25) is 0 Å². The van der Waals surface area contributed by atoms with Gasteiger partial charge in [-0.15, -0.1) is 0 Å². The first-order valence-corrected chi connectivity index (χ1v) is 6.74. The minimum Gasteiger partial charge on any atom is -0.497 e. The van der Waals surface area contributed by atoms with Gasteiger partial charge >= 0.3 is 5.97 Å². The predicted octanol–water partition coefficient (Wildman–Crippen LogP) is 2.05. The molecule has 1 rings (SSSR count). The van der Waals surface area contributed by atoms with Gasteiger partial charge in [-0.3, -0.25) is 0 Å². The average molecular weight is 297 g/mol. The molecule has 1 atom stereocenters. The molecular weight excluding hydrogens is 278 g/mol. The first-order valence-electron chi connectivity index (χ1n) is 6.34. The second kappa shape index (κ2) is 7.69. The minimum absolute atomic E-state index is 0.234. The molecule has 1 unspecified atom stereocenters. The summed E-state index contributed by atoms with van der Waals surface area (Å²) in [6.07, 6.45) is -0.167. The summed E-state index contributed by atoms with van der Waals surface area (Å²) in [6, 6.07) is 5.05. The van der Waals surface area contributed by atoms with Crippen LogP contribution in [-0.2, 0) is 9.53 Å². The number of methoxy groups -OCH3 is 1. The van der Waals surface area contributed by atoms with Gasteiger partial charge in [-0.05, 0) is 25.5 Å². The number of carbonyl (C=O) groups excluding carboxylic acids is 1. The molecule has 0 aromatic heterocycles. The highest BCUT2D eigenvalue weighted by molar-refractivity contribution is 7.80. The van der Waals surface area contributed by atoms with Gasteiger partial charge in [0.15, 0.2) is 6.10 Å². The van der Waals surface area contributed by atoms with E-state index < -0.39 is 12.1 Å². The monoisotopic (exact) mass is 297 g/mol. The summed E-state index contributed by atoms with van der Waals surface area (Å²) in [7, 11) is 1.53. The van der Waals surface area contributed by atoms with Crippen LogP contribution in [0.3, 0.4) is 0 Å². The number of hydrogen-bond donors (Lipinski definition) is 1. The van der Waals surface area contributed by atoms with Crippen LogP contribution in [-0.4, -0.2) is 30.8 Å². The lowest BCUT2D eigenvalue weighted by atomic mass is 10.2. The molecule has 20 heavy (non-hydrogen) atoms. The van der Waals surface area contributed by atoms with E-state index in [-0.39, 0.29) is 4.99 Å². The van der Waals surface area contributed by atoms with Gasteiger partial charge in [-0.1, -0.05) is 19.1 Å². The van der Waals surface area contributed by atoms with Crippen molar-refractivity contribution in [2.45, 2.75) is 26.4 Å². The van der Waals surface area contributed by atoms with E-state index in [1.54, 1.807) is 25.1 Å². The van der Waals surface area contributed by atoms with Crippen LogP contribution >= 0.6 is 12.2 Å². The van der Waals surface area contributed by atoms with E-state index in [4.69, 9.17) is 32.2 Å². The molecule has 5 nitrogen and oxygen atoms in total. The number of rotatable bonds is 7. The summed E-state index contributed by atoms with van der Waals surface area (Å²) in [5.74, 6) is 0.630. The Kier molecular flexibility index (Phi) is 6.24. The molecule has 0 aliphatic carbocycles. The van der Waals surface area contributed by atoms with E-state index in [1.807, 2.05) is 6.92 Å². The zero-order chi connectivity index (χ0) is 15.1. The Morgan fingerprint density at radius 3 is 2.45 bits per heavy atom. The van der Waals surface area contributed by atoms with Gasteiger partial charge in [-0.25, -0.2) is 4.79 Å². The number of hydrogen-bond acceptors (Lipinski definition) is 5. The lowest BCUT2D eigenvalue weighted by Crippen LogP contribution is -2.28. The number of carbonyl (C=O) groups is 1. The van der Waals surface area contributed by atoms with Crippen LogP contribution in [0.15, 0.2) is 18.2 Å². The van der Waals surface area contributed by atoms with Crippen molar-refractivity contribution in [3.63, 3.8) is 0 Å². The fraction of sp³-hybridized carbons (Fsp3) is 0.429. The van der Waals surface area contributed by atoms with Crippen molar-refractivity contribution in [3.8, 4) is 11.5 Å². The molecule has 0 saturated heterocycles. The predicted molar refractivity (Wildman–Crippen MR) is 80.2 cm³/mol. The highest BCUT2D eigenvalue weighted by Crippen LogP contribution is 2.24. The number of benzene rings is 1. The second-order valence-corrected chi connectivity index (χ2v) is 4.47. The summed E-state index contributed by atoms with van der Waals surface area (Å²) in [5, 5.41) is 0. The molecule has 2 N–H and O–H groups in total. The van der Waals surface area contributed by atoms with Crippen LogP contribution in [0.5, 0.6) is 11.5 Å². The Morgan fingerprint density at radius 2 is 1.95 bits per heavy atom. The third-order valence-electron chi connectivity index (χ3n) is 2.60. The van der Waals surface area contributed by atoms with Gasteiger partial charge in [0.05, 0.1) is 13.7 Å². The minimum atomic E-state index is -0.666. The fourth-order valence-corrected chi connectivity index (χ4v) is 1.72. The van der Waals surface area contributed by atoms with Gasteiger partial charge < -0.3 is 19.9 Å². The molecule has 1 aromatic rings. The zero-order valence-corrected chi connectivity index (χ0v) is 12.7. The van der Waals surface area contributed by atoms with Gasteiger partial charge in [0, 0.05) is 11.6 Å². The summed E-state index contributed by atoms with van der Waals surface area (Å²) in [5.41, 5.74) is 6.22. The maximum atomic E-state index is 11.7. The first kappa shape index (κ1) is 16.2. The molecule has 0 amide bonds. The Morgan fingerprint density at radius 1 is 1.30 bits per heavy atom. The molecule has 0 spiro atoms. The Balaban J connectivity index is 2.97. The molecule has 0 fully saturated rings. The van der Waals surface area contributed by atoms with Crippen LogP contribution in [0.25, 0.3) is 0 Å². The van der Waals surface area contributed by atoms with Crippen molar-refractivity contribution in [2.75, 3.05) is 13.7 Å². The molecule has 0 saturated carbocycles. The van der Waals surface area contributed by atoms with E-state index >= 15 is 0 Å². The smallest absolute Gasteiger partial charge is 0.347 e. The van der Waals surface area contributed by atoms with Gasteiger partial charge in [0.25, 0.3) is 0 Å². The standard InChI is InChI=1S/C14H19NO4S/c1-4-12(14(16)18-5-2)19-11-7-9(13(15)20)6-10(8-11)17-3/h6-8,12H,4-5H2,1-3H3,(H2,15,20). The van der Waals surface area contributed by atoms with Crippen molar-refractivity contribution in [1.82, 2.24) is 0 Å². The van der Waals surface area contributed by atoms with Crippen LogP contribution in [0, 0.1) is 0 Å². The van der Waals surface area contributed by atoms with Crippen molar-refractivity contribution < 1.29 is 19.0 Å². The summed E-state index contributed by atoms with van der Waals surface area (Å²) >= 11 is 4.94. The van der Waals surface area contributed by atoms with E-state index in [1.165, 1.54) is 7.11 Å². The highest BCUT2D eigenvalue weighted by Gasteiger charge is 2.20. The third kappa shape index (κ3) is 4.38. The molecule has 0 radical (unpaired) electrons. The lowest BCUT2D eigenvalue weighted by molar-refractivity contribution is -0.151. The summed E-state index contributed by atoms with van der Waals surface area (Å²) in [4.78, 5) is 12.0. The molecule has 0 aliphatic rings. The fourth-order valence-electron chi connectivity index (χ4n) is 1.60. The van der Waals surface area contributed by atoms with Crippen LogP contribution in [0.2, 0.25) is 0 Å². The van der Waals surface area contributed by atoms with E-state index in [0.717, 1.165) is 0 Å². The molecule has 1 aromatic carbocycles. The van der Waals surface area contributed by atoms with Gasteiger partial charge in [-0.2, -0.15) is 0 Å². The Labute approximate surface area is 124 Å². The van der Waals surface area contributed by atoms with Crippen LogP contribution < -0.4 is 15.2 Å². The Bertz CT molecular complexity index is 490. The summed E-state index contributed by atoms with van der Waals surface area (Å²) in [6.45, 7) is 3.91. The molecule has 0 aliphatic heterocycles. The Hall–Kier alpha value is -1.82. The van der Waals surface area contributed by atoms with E-state index in [2.05, 4.69) is 0 Å². The average Bonchev–Trinajstić information content (AvgIpc) is 2.44. The zero-order valence-electron chi connectivity index (χ0n) is 11.8. The van der Waals surface area contributed by atoms with Crippen molar-refractivity contribution in [1.29, 1.82) is 0 Å². The largest absolute Gasteiger partial charge is 0.497 e. The number of esters is 1. The lowest BCUT2D eigenvalue weighted by Gasteiger charge is -2.17. The normalized spacial score (nSPS) is 11.6. The van der Waals surface area contributed by atoms with Crippen molar-refractivity contribution >= 4 is 23.2 Å². The number of thiocarbonyl (C=S) groups is 1. The highest BCUT2D eigenvalue weighted by atomic mass is 32.1.